The summed E-state index contributed by atoms with van der Waals surface area (Å²) in [5.74, 6) is 0.380. The Kier molecular flexibility index (Phi) is 4.49. The van der Waals surface area contributed by atoms with E-state index in [1.165, 1.54) is 11.3 Å². The van der Waals surface area contributed by atoms with Crippen molar-refractivity contribution in [1.82, 2.24) is 9.97 Å². The number of nitrogens with one attached hydrogen (secondary N) is 1. The van der Waals surface area contributed by atoms with Gasteiger partial charge in [0, 0.05) is 6.20 Å². The molecule has 106 valence electrons. The Morgan fingerprint density at radius 1 is 1.40 bits per heavy atom. The number of carbonyl (C=O) groups is 1. The van der Waals surface area contributed by atoms with Crippen LogP contribution in [0.3, 0.4) is 0 Å². The van der Waals surface area contributed by atoms with Crippen LogP contribution in [0.15, 0.2) is 18.3 Å². The van der Waals surface area contributed by atoms with E-state index in [9.17, 15) is 4.79 Å². The fraction of sp³-hybridized carbons (Fsp3) is 0.400. The average Bonchev–Trinajstić information content (AvgIpc) is 2.72. The van der Waals surface area contributed by atoms with Crippen LogP contribution in [0.2, 0.25) is 0 Å². The SMILES string of the molecule is Cc1nc(CC(C)C)c(C(=O)Nc2cccnc2C)s1. The van der Waals surface area contributed by atoms with Gasteiger partial charge in [-0.1, -0.05) is 13.8 Å². The van der Waals surface area contributed by atoms with E-state index in [1.54, 1.807) is 6.20 Å². The Labute approximate surface area is 123 Å². The fourth-order valence-electron chi connectivity index (χ4n) is 1.97. The van der Waals surface area contributed by atoms with Gasteiger partial charge in [0.2, 0.25) is 0 Å². The second-order valence-corrected chi connectivity index (χ2v) is 6.40. The van der Waals surface area contributed by atoms with Crippen LogP contribution in [-0.2, 0) is 6.42 Å². The van der Waals surface area contributed by atoms with Crippen molar-refractivity contribution >= 4 is 22.9 Å². The minimum absolute atomic E-state index is 0.0950. The van der Waals surface area contributed by atoms with Gasteiger partial charge in [-0.05, 0) is 38.3 Å². The molecule has 0 fully saturated rings. The zero-order valence-electron chi connectivity index (χ0n) is 12.2. The molecule has 2 rings (SSSR count). The van der Waals surface area contributed by atoms with Gasteiger partial charge in [-0.15, -0.1) is 11.3 Å². The first-order chi connectivity index (χ1) is 9.47. The number of anilines is 1. The van der Waals surface area contributed by atoms with Crippen molar-refractivity contribution in [3.63, 3.8) is 0 Å². The first kappa shape index (κ1) is 14.7. The van der Waals surface area contributed by atoms with Crippen LogP contribution < -0.4 is 5.32 Å². The van der Waals surface area contributed by atoms with E-state index in [4.69, 9.17) is 0 Å². The maximum atomic E-state index is 12.4. The number of hydrogen-bond donors (Lipinski definition) is 1. The van der Waals surface area contributed by atoms with Gasteiger partial charge in [-0.25, -0.2) is 4.98 Å². The molecule has 0 aromatic carbocycles. The second-order valence-electron chi connectivity index (χ2n) is 5.20. The van der Waals surface area contributed by atoms with Gasteiger partial charge >= 0.3 is 0 Å². The summed E-state index contributed by atoms with van der Waals surface area (Å²) in [4.78, 5) is 21.8. The first-order valence-electron chi connectivity index (χ1n) is 6.66. The molecule has 0 aliphatic carbocycles. The molecule has 0 radical (unpaired) electrons. The van der Waals surface area contributed by atoms with Crippen LogP contribution in [0.25, 0.3) is 0 Å². The molecule has 0 spiro atoms. The summed E-state index contributed by atoms with van der Waals surface area (Å²) >= 11 is 1.45. The third kappa shape index (κ3) is 3.42. The lowest BCUT2D eigenvalue weighted by molar-refractivity contribution is 0.102. The Bertz CT molecular complexity index is 619. The number of thiazole rings is 1. The molecule has 0 saturated heterocycles. The molecular weight excluding hydrogens is 270 g/mol. The molecule has 1 amide bonds. The molecule has 0 unspecified atom stereocenters. The van der Waals surface area contributed by atoms with Crippen LogP contribution in [0.1, 0.15) is 39.9 Å². The predicted molar refractivity (Wildman–Crippen MR) is 82.3 cm³/mol. The smallest absolute Gasteiger partial charge is 0.267 e. The zero-order valence-corrected chi connectivity index (χ0v) is 13.0. The number of aryl methyl sites for hydroxylation is 2. The minimum atomic E-state index is -0.0950. The highest BCUT2D eigenvalue weighted by molar-refractivity contribution is 7.13. The largest absolute Gasteiger partial charge is 0.320 e. The number of aromatic nitrogens is 2. The highest BCUT2D eigenvalue weighted by Crippen LogP contribution is 2.22. The summed E-state index contributed by atoms with van der Waals surface area (Å²) in [6, 6.07) is 3.67. The maximum Gasteiger partial charge on any atom is 0.267 e. The molecule has 4 nitrogen and oxygen atoms in total. The topological polar surface area (TPSA) is 54.9 Å². The average molecular weight is 289 g/mol. The summed E-state index contributed by atoms with van der Waals surface area (Å²) in [5, 5.41) is 3.85. The van der Waals surface area contributed by atoms with E-state index in [2.05, 4.69) is 29.1 Å². The molecule has 0 aliphatic rings. The first-order valence-corrected chi connectivity index (χ1v) is 7.48. The maximum absolute atomic E-state index is 12.4. The number of rotatable bonds is 4. The van der Waals surface area contributed by atoms with Gasteiger partial charge in [-0.3, -0.25) is 9.78 Å². The summed E-state index contributed by atoms with van der Waals surface area (Å²) < 4.78 is 0. The molecule has 2 aromatic rings. The summed E-state index contributed by atoms with van der Waals surface area (Å²) in [6.45, 7) is 8.06. The van der Waals surface area contributed by atoms with Gasteiger partial charge in [0.1, 0.15) is 4.88 Å². The Balaban J connectivity index is 2.23. The molecule has 20 heavy (non-hydrogen) atoms. The van der Waals surface area contributed by atoms with E-state index < -0.39 is 0 Å². The van der Waals surface area contributed by atoms with Gasteiger partial charge < -0.3 is 5.32 Å². The van der Waals surface area contributed by atoms with Crippen molar-refractivity contribution in [2.75, 3.05) is 5.32 Å². The number of nitrogens with zero attached hydrogens (tertiary/aromatic N) is 2. The molecule has 0 aliphatic heterocycles. The Hall–Kier alpha value is -1.75. The lowest BCUT2D eigenvalue weighted by Crippen LogP contribution is -2.14. The van der Waals surface area contributed by atoms with Crippen LogP contribution in [0.5, 0.6) is 0 Å². The normalized spacial score (nSPS) is 10.8. The monoisotopic (exact) mass is 289 g/mol. The predicted octanol–water partition coefficient (Wildman–Crippen LogP) is 3.61. The third-order valence-electron chi connectivity index (χ3n) is 2.87. The quantitative estimate of drug-likeness (QED) is 0.935. The lowest BCUT2D eigenvalue weighted by Gasteiger charge is -2.08. The van der Waals surface area contributed by atoms with Crippen LogP contribution in [-0.4, -0.2) is 15.9 Å². The summed E-state index contributed by atoms with van der Waals surface area (Å²) in [7, 11) is 0. The Morgan fingerprint density at radius 3 is 2.80 bits per heavy atom. The highest BCUT2D eigenvalue weighted by atomic mass is 32.1. The number of amides is 1. The van der Waals surface area contributed by atoms with Crippen molar-refractivity contribution in [2.24, 2.45) is 5.92 Å². The van der Waals surface area contributed by atoms with E-state index in [0.717, 1.165) is 28.5 Å². The molecule has 0 bridgehead atoms. The van der Waals surface area contributed by atoms with Crippen molar-refractivity contribution in [2.45, 2.75) is 34.1 Å². The van der Waals surface area contributed by atoms with Gasteiger partial charge in [0.25, 0.3) is 5.91 Å². The van der Waals surface area contributed by atoms with Crippen LogP contribution in [0.4, 0.5) is 5.69 Å². The number of pyridine rings is 1. The minimum Gasteiger partial charge on any atom is -0.320 e. The van der Waals surface area contributed by atoms with E-state index in [1.807, 2.05) is 26.0 Å². The fourth-order valence-corrected chi connectivity index (χ4v) is 2.81. The van der Waals surface area contributed by atoms with Crippen molar-refractivity contribution in [3.05, 3.63) is 39.6 Å². The van der Waals surface area contributed by atoms with Gasteiger partial charge in [-0.2, -0.15) is 0 Å². The van der Waals surface area contributed by atoms with Crippen molar-refractivity contribution < 1.29 is 4.79 Å². The zero-order chi connectivity index (χ0) is 14.7. The second kappa shape index (κ2) is 6.13. The van der Waals surface area contributed by atoms with Crippen LogP contribution in [0, 0.1) is 19.8 Å². The summed E-state index contributed by atoms with van der Waals surface area (Å²) in [6.07, 6.45) is 2.53. The molecule has 0 saturated carbocycles. The molecule has 0 atom stereocenters. The van der Waals surface area contributed by atoms with E-state index in [-0.39, 0.29) is 5.91 Å². The van der Waals surface area contributed by atoms with E-state index in [0.29, 0.717) is 10.8 Å². The summed E-state index contributed by atoms with van der Waals surface area (Å²) in [5.41, 5.74) is 2.45. The van der Waals surface area contributed by atoms with Crippen LogP contribution >= 0.6 is 11.3 Å². The standard InChI is InChI=1S/C15H19N3OS/c1-9(2)8-13-14(20-11(4)17-13)15(19)18-12-6-5-7-16-10(12)3/h5-7,9H,8H2,1-4H3,(H,18,19). The molecule has 2 aromatic heterocycles. The molecular formula is C15H19N3OS. The molecule has 1 N–H and O–H groups in total. The van der Waals surface area contributed by atoms with Crippen molar-refractivity contribution in [3.8, 4) is 0 Å². The van der Waals surface area contributed by atoms with E-state index >= 15 is 0 Å². The molecule has 5 heteroatoms. The Morgan fingerprint density at radius 2 is 2.15 bits per heavy atom. The number of carbonyl (C=O) groups excluding carboxylic acids is 1. The van der Waals surface area contributed by atoms with Crippen molar-refractivity contribution in [1.29, 1.82) is 0 Å². The third-order valence-corrected chi connectivity index (χ3v) is 3.88. The lowest BCUT2D eigenvalue weighted by atomic mass is 10.1. The van der Waals surface area contributed by atoms with Gasteiger partial charge in [0.05, 0.1) is 22.1 Å². The van der Waals surface area contributed by atoms with Gasteiger partial charge in [0.15, 0.2) is 0 Å². The molecule has 2 heterocycles. The number of hydrogen-bond acceptors (Lipinski definition) is 4. The highest BCUT2D eigenvalue weighted by Gasteiger charge is 2.18.